The third-order valence-corrected chi connectivity index (χ3v) is 6.12. The summed E-state index contributed by atoms with van der Waals surface area (Å²) in [5.41, 5.74) is 1.92. The number of hydrogen-bond acceptors (Lipinski definition) is 6. The summed E-state index contributed by atoms with van der Waals surface area (Å²) in [6.07, 6.45) is 2.84. The molecule has 3 heterocycles. The first-order valence-corrected chi connectivity index (χ1v) is 10.1. The van der Waals surface area contributed by atoms with E-state index >= 15 is 0 Å². The van der Waals surface area contributed by atoms with Crippen LogP contribution in [0.4, 0.5) is 5.13 Å². The summed E-state index contributed by atoms with van der Waals surface area (Å²) in [4.78, 5) is 24.7. The molecule has 5 nitrogen and oxygen atoms in total. The molecule has 0 aromatic carbocycles. The van der Waals surface area contributed by atoms with Gasteiger partial charge < -0.3 is 5.32 Å². The predicted octanol–water partition coefficient (Wildman–Crippen LogP) is 3.63. The first-order chi connectivity index (χ1) is 11.5. The molecule has 2 aromatic heterocycles. The van der Waals surface area contributed by atoms with E-state index < -0.39 is 0 Å². The van der Waals surface area contributed by atoms with Crippen LogP contribution in [0.5, 0.6) is 0 Å². The van der Waals surface area contributed by atoms with Gasteiger partial charge >= 0.3 is 0 Å². The summed E-state index contributed by atoms with van der Waals surface area (Å²) < 4.78 is 0. The van der Waals surface area contributed by atoms with Crippen molar-refractivity contribution in [1.82, 2.24) is 14.9 Å². The Hall–Kier alpha value is -1.31. The summed E-state index contributed by atoms with van der Waals surface area (Å²) in [6, 6.07) is 0. The van der Waals surface area contributed by atoms with Crippen LogP contribution in [0.25, 0.3) is 0 Å². The monoisotopic (exact) mass is 364 g/mol. The number of nitrogens with one attached hydrogen (secondary N) is 1. The van der Waals surface area contributed by atoms with E-state index in [1.165, 1.54) is 24.2 Å². The van der Waals surface area contributed by atoms with E-state index in [4.69, 9.17) is 0 Å². The van der Waals surface area contributed by atoms with Crippen molar-refractivity contribution in [3.8, 4) is 0 Å². The molecule has 7 heteroatoms. The van der Waals surface area contributed by atoms with Crippen LogP contribution in [-0.4, -0.2) is 33.9 Å². The Morgan fingerprint density at radius 1 is 1.33 bits per heavy atom. The topological polar surface area (TPSA) is 58.1 Å². The molecule has 1 aliphatic rings. The standard InChI is InChI=1S/C17H24N4OS2/c1-11-4-6-21(7-5-11)9-14-10-23-17(19-14)20-16(22)8-15-12(2)24-13(3)18-15/h10-11H,4-9H2,1-3H3,(H,19,20,22). The van der Waals surface area contributed by atoms with Gasteiger partial charge in [0.05, 0.1) is 22.8 Å². The van der Waals surface area contributed by atoms with Crippen molar-refractivity contribution in [2.45, 2.75) is 46.6 Å². The zero-order valence-electron chi connectivity index (χ0n) is 14.5. The van der Waals surface area contributed by atoms with E-state index in [9.17, 15) is 4.79 Å². The van der Waals surface area contributed by atoms with Crippen LogP contribution in [0, 0.1) is 19.8 Å². The van der Waals surface area contributed by atoms with Crippen molar-refractivity contribution in [3.05, 3.63) is 26.7 Å². The van der Waals surface area contributed by atoms with Crippen molar-refractivity contribution >= 4 is 33.7 Å². The van der Waals surface area contributed by atoms with E-state index in [2.05, 4.69) is 27.1 Å². The molecule has 1 fully saturated rings. The van der Waals surface area contributed by atoms with Crippen molar-refractivity contribution in [1.29, 1.82) is 0 Å². The van der Waals surface area contributed by atoms with E-state index in [-0.39, 0.29) is 5.91 Å². The molecule has 1 saturated heterocycles. The van der Waals surface area contributed by atoms with Gasteiger partial charge in [0.25, 0.3) is 0 Å². The minimum atomic E-state index is -0.0453. The molecule has 130 valence electrons. The lowest BCUT2D eigenvalue weighted by Gasteiger charge is -2.29. The van der Waals surface area contributed by atoms with Crippen molar-refractivity contribution < 1.29 is 4.79 Å². The van der Waals surface area contributed by atoms with Gasteiger partial charge in [0.2, 0.25) is 5.91 Å². The number of anilines is 1. The molecule has 0 bridgehead atoms. The van der Waals surface area contributed by atoms with Gasteiger partial charge in [0, 0.05) is 16.8 Å². The van der Waals surface area contributed by atoms with Gasteiger partial charge in [-0.3, -0.25) is 9.69 Å². The number of thiazole rings is 2. The minimum absolute atomic E-state index is 0.0453. The summed E-state index contributed by atoms with van der Waals surface area (Å²) in [6.45, 7) is 9.45. The number of nitrogens with zero attached hydrogens (tertiary/aromatic N) is 3. The fourth-order valence-corrected chi connectivity index (χ4v) is 4.49. The van der Waals surface area contributed by atoms with Crippen molar-refractivity contribution in [2.24, 2.45) is 5.92 Å². The zero-order chi connectivity index (χ0) is 17.1. The molecule has 3 rings (SSSR count). The highest BCUT2D eigenvalue weighted by atomic mass is 32.1. The second-order valence-corrected chi connectivity index (χ2v) is 8.83. The van der Waals surface area contributed by atoms with Gasteiger partial charge in [-0.1, -0.05) is 6.92 Å². The average Bonchev–Trinajstić information content (AvgIpc) is 3.08. The third-order valence-electron chi connectivity index (χ3n) is 4.39. The first-order valence-electron chi connectivity index (χ1n) is 8.39. The largest absolute Gasteiger partial charge is 0.302 e. The Morgan fingerprint density at radius 2 is 2.08 bits per heavy atom. The predicted molar refractivity (Wildman–Crippen MR) is 99.7 cm³/mol. The number of aromatic nitrogens is 2. The SMILES string of the molecule is Cc1nc(CC(=O)Nc2nc(CN3CCC(C)CC3)cs2)c(C)s1. The van der Waals surface area contributed by atoms with Crippen LogP contribution in [0.15, 0.2) is 5.38 Å². The summed E-state index contributed by atoms with van der Waals surface area (Å²) in [7, 11) is 0. The minimum Gasteiger partial charge on any atom is -0.302 e. The molecular weight excluding hydrogens is 340 g/mol. The molecule has 0 spiro atoms. The Bertz CT molecular complexity index is 701. The lowest BCUT2D eigenvalue weighted by molar-refractivity contribution is -0.115. The number of carbonyl (C=O) groups excluding carboxylic acids is 1. The Balaban J connectivity index is 1.52. The molecule has 1 N–H and O–H groups in total. The van der Waals surface area contributed by atoms with Crippen molar-refractivity contribution in [2.75, 3.05) is 18.4 Å². The summed E-state index contributed by atoms with van der Waals surface area (Å²) in [5, 5.41) is 6.64. The highest BCUT2D eigenvalue weighted by Crippen LogP contribution is 2.22. The molecule has 0 unspecified atom stereocenters. The fraction of sp³-hybridized carbons (Fsp3) is 0.588. The molecule has 2 aromatic rings. The normalized spacial score (nSPS) is 16.5. The van der Waals surface area contributed by atoms with Gasteiger partial charge in [-0.25, -0.2) is 9.97 Å². The van der Waals surface area contributed by atoms with Gasteiger partial charge in [-0.15, -0.1) is 22.7 Å². The molecular formula is C17H24N4OS2. The molecule has 0 atom stereocenters. The number of hydrogen-bond donors (Lipinski definition) is 1. The second-order valence-electron chi connectivity index (χ2n) is 6.56. The molecule has 24 heavy (non-hydrogen) atoms. The molecule has 0 saturated carbocycles. The van der Waals surface area contributed by atoms with Crippen LogP contribution in [0.3, 0.4) is 0 Å². The molecule has 1 aliphatic heterocycles. The van der Waals surface area contributed by atoms with Crippen LogP contribution in [0.2, 0.25) is 0 Å². The highest BCUT2D eigenvalue weighted by Gasteiger charge is 2.17. The van der Waals surface area contributed by atoms with Gasteiger partial charge in [-0.05, 0) is 45.7 Å². The van der Waals surface area contributed by atoms with E-state index in [0.29, 0.717) is 11.6 Å². The van der Waals surface area contributed by atoms with Gasteiger partial charge in [-0.2, -0.15) is 0 Å². The maximum atomic E-state index is 12.2. The van der Waals surface area contributed by atoms with E-state index in [1.54, 1.807) is 11.3 Å². The van der Waals surface area contributed by atoms with Crippen molar-refractivity contribution in [3.63, 3.8) is 0 Å². The van der Waals surface area contributed by atoms with Crippen LogP contribution in [0.1, 0.15) is 41.0 Å². The van der Waals surface area contributed by atoms with Gasteiger partial charge in [0.1, 0.15) is 0 Å². The number of rotatable bonds is 5. The quantitative estimate of drug-likeness (QED) is 0.880. The smallest absolute Gasteiger partial charge is 0.232 e. The van der Waals surface area contributed by atoms with E-state index in [1.807, 2.05) is 19.2 Å². The third kappa shape index (κ3) is 4.62. The van der Waals surface area contributed by atoms with Gasteiger partial charge in [0.15, 0.2) is 5.13 Å². The maximum absolute atomic E-state index is 12.2. The molecule has 1 amide bonds. The van der Waals surface area contributed by atoms with E-state index in [0.717, 1.165) is 46.8 Å². The number of carbonyl (C=O) groups is 1. The fourth-order valence-electron chi connectivity index (χ4n) is 2.94. The summed E-state index contributed by atoms with van der Waals surface area (Å²) in [5.74, 6) is 0.792. The van der Waals surface area contributed by atoms with Crippen LogP contribution < -0.4 is 5.32 Å². The Labute approximate surface area is 151 Å². The number of aryl methyl sites for hydroxylation is 2. The average molecular weight is 365 g/mol. The van der Waals surface area contributed by atoms with Crippen LogP contribution in [-0.2, 0) is 17.8 Å². The molecule has 0 aliphatic carbocycles. The highest BCUT2D eigenvalue weighted by molar-refractivity contribution is 7.14. The lowest BCUT2D eigenvalue weighted by atomic mass is 9.99. The Morgan fingerprint density at radius 3 is 2.75 bits per heavy atom. The number of piperidine rings is 1. The second kappa shape index (κ2) is 7.72. The van der Waals surface area contributed by atoms with Crippen LogP contribution >= 0.6 is 22.7 Å². The lowest BCUT2D eigenvalue weighted by Crippen LogP contribution is -2.32. The Kier molecular flexibility index (Phi) is 5.63. The number of amides is 1. The molecule has 0 radical (unpaired) electrons. The summed E-state index contributed by atoms with van der Waals surface area (Å²) >= 11 is 3.13. The number of likely N-dealkylation sites (tertiary alicyclic amines) is 1. The first kappa shape index (κ1) is 17.5. The maximum Gasteiger partial charge on any atom is 0.232 e. The zero-order valence-corrected chi connectivity index (χ0v) is 16.1.